The van der Waals surface area contributed by atoms with Gasteiger partial charge in [0.1, 0.15) is 11.5 Å². The van der Waals surface area contributed by atoms with Gasteiger partial charge in [0, 0.05) is 18.0 Å². The molecule has 0 atom stereocenters. The average molecular weight is 227 g/mol. The van der Waals surface area contributed by atoms with Crippen LogP contribution in [-0.4, -0.2) is 11.2 Å². The molecule has 0 amide bonds. The Labute approximate surface area is 93.0 Å². The first kappa shape index (κ1) is 11.7. The summed E-state index contributed by atoms with van der Waals surface area (Å²) in [6.45, 7) is 1.56. The Morgan fingerprint density at radius 2 is 1.87 bits per heavy atom. The fourth-order valence-corrected chi connectivity index (χ4v) is 1.23. The topological polar surface area (TPSA) is 43.4 Å². The third-order valence-corrected chi connectivity index (χ3v) is 1.96. The number of rotatable bonds is 4. The highest BCUT2D eigenvalue weighted by Gasteiger charge is 2.00. The molecule has 0 aliphatic heterocycles. The van der Waals surface area contributed by atoms with Crippen LogP contribution in [0.5, 0.6) is 5.75 Å². The van der Waals surface area contributed by atoms with Crippen molar-refractivity contribution in [3.8, 4) is 5.75 Å². The van der Waals surface area contributed by atoms with E-state index in [0.29, 0.717) is 18.6 Å². The highest BCUT2D eigenvalue weighted by atomic mass is 35.5. The smallest absolute Gasteiger partial charge is 0.409 e. The van der Waals surface area contributed by atoms with Crippen LogP contribution in [0, 0.1) is 0 Å². The third-order valence-electron chi connectivity index (χ3n) is 1.89. The number of benzene rings is 1. The van der Waals surface area contributed by atoms with Gasteiger partial charge in [0.2, 0.25) is 0 Å². The molecule has 0 unspecified atom stereocenters. The molecule has 80 valence electrons. The fourth-order valence-electron chi connectivity index (χ4n) is 1.14. The van der Waals surface area contributed by atoms with E-state index in [0.717, 1.165) is 5.56 Å². The predicted octanol–water partition coefficient (Wildman–Crippen LogP) is 2.95. The van der Waals surface area contributed by atoms with Crippen molar-refractivity contribution in [1.29, 1.82) is 0 Å². The molecule has 0 heterocycles. The lowest BCUT2D eigenvalue weighted by Gasteiger charge is -2.02. The molecule has 0 aliphatic carbocycles. The molecular formula is C11H11ClO3. The van der Waals surface area contributed by atoms with Gasteiger partial charge in [-0.2, -0.15) is 0 Å². The molecule has 0 saturated heterocycles. The summed E-state index contributed by atoms with van der Waals surface area (Å²) in [6.07, 6.45) is 1.22. The first-order chi connectivity index (χ1) is 7.08. The highest BCUT2D eigenvalue weighted by molar-refractivity contribution is 6.61. The zero-order valence-corrected chi connectivity index (χ0v) is 9.08. The maximum Gasteiger partial charge on any atom is 0.409 e. The van der Waals surface area contributed by atoms with E-state index in [1.807, 2.05) is 0 Å². The molecular weight excluding hydrogens is 216 g/mol. The number of carbonyl (C=O) groups is 2. The molecule has 15 heavy (non-hydrogen) atoms. The lowest BCUT2D eigenvalue weighted by Crippen LogP contribution is -1.97. The second-order valence-corrected chi connectivity index (χ2v) is 3.49. The van der Waals surface area contributed by atoms with Crippen molar-refractivity contribution in [3.63, 3.8) is 0 Å². The summed E-state index contributed by atoms with van der Waals surface area (Å²) in [7, 11) is 0. The molecule has 1 aromatic carbocycles. The minimum atomic E-state index is -0.855. The molecule has 0 aromatic heterocycles. The van der Waals surface area contributed by atoms with Crippen LogP contribution in [0.1, 0.15) is 18.9 Å². The van der Waals surface area contributed by atoms with Crippen LogP contribution < -0.4 is 4.74 Å². The summed E-state index contributed by atoms with van der Waals surface area (Å²) in [5.74, 6) is 0.563. The van der Waals surface area contributed by atoms with Gasteiger partial charge < -0.3 is 9.53 Å². The zero-order chi connectivity index (χ0) is 11.3. The first-order valence-corrected chi connectivity index (χ1v) is 4.91. The minimum Gasteiger partial charge on any atom is -0.415 e. The van der Waals surface area contributed by atoms with Gasteiger partial charge >= 0.3 is 5.43 Å². The Morgan fingerprint density at radius 3 is 2.33 bits per heavy atom. The Kier molecular flexibility index (Phi) is 4.31. The fraction of sp³-hybridized carbons (Fsp3) is 0.273. The monoisotopic (exact) mass is 226 g/mol. The maximum absolute atomic E-state index is 10.7. The number of carbonyl (C=O) groups excluding carboxylic acids is 2. The Hall–Kier alpha value is -1.35. The number of hydrogen-bond donors (Lipinski definition) is 0. The quantitative estimate of drug-likeness (QED) is 0.742. The van der Waals surface area contributed by atoms with Crippen molar-refractivity contribution < 1.29 is 14.3 Å². The molecule has 0 radical (unpaired) electrons. The second kappa shape index (κ2) is 5.51. The molecule has 0 bridgehead atoms. The lowest BCUT2D eigenvalue weighted by molar-refractivity contribution is -0.116. The van der Waals surface area contributed by atoms with Gasteiger partial charge in [-0.15, -0.1) is 0 Å². The van der Waals surface area contributed by atoms with Crippen molar-refractivity contribution in [2.75, 3.05) is 0 Å². The van der Waals surface area contributed by atoms with Crippen molar-refractivity contribution in [1.82, 2.24) is 0 Å². The Morgan fingerprint density at radius 1 is 1.27 bits per heavy atom. The molecule has 0 saturated carbocycles. The van der Waals surface area contributed by atoms with E-state index < -0.39 is 5.43 Å². The van der Waals surface area contributed by atoms with Crippen LogP contribution in [0.4, 0.5) is 4.79 Å². The van der Waals surface area contributed by atoms with Gasteiger partial charge in [0.25, 0.3) is 0 Å². The maximum atomic E-state index is 10.7. The van der Waals surface area contributed by atoms with Crippen LogP contribution in [0.2, 0.25) is 0 Å². The second-order valence-electron chi connectivity index (χ2n) is 3.19. The minimum absolute atomic E-state index is 0.159. The van der Waals surface area contributed by atoms with Gasteiger partial charge in [-0.3, -0.25) is 0 Å². The average Bonchev–Trinajstić information content (AvgIpc) is 2.16. The summed E-state index contributed by atoms with van der Waals surface area (Å²) < 4.78 is 4.65. The summed E-state index contributed by atoms with van der Waals surface area (Å²) in [5, 5.41) is 0. The number of ketones is 1. The highest BCUT2D eigenvalue weighted by Crippen LogP contribution is 2.14. The van der Waals surface area contributed by atoms with E-state index in [-0.39, 0.29) is 5.78 Å². The van der Waals surface area contributed by atoms with Gasteiger partial charge in [0.05, 0.1) is 0 Å². The molecule has 0 N–H and O–H groups in total. The summed E-state index contributed by atoms with van der Waals surface area (Å²) in [5.41, 5.74) is 0.172. The van der Waals surface area contributed by atoms with Gasteiger partial charge in [-0.1, -0.05) is 12.1 Å². The Bertz CT molecular complexity index is 357. The van der Waals surface area contributed by atoms with Crippen molar-refractivity contribution in [2.24, 2.45) is 0 Å². The van der Waals surface area contributed by atoms with Crippen LogP contribution in [0.25, 0.3) is 0 Å². The van der Waals surface area contributed by atoms with Crippen molar-refractivity contribution >= 4 is 22.8 Å². The van der Waals surface area contributed by atoms with E-state index in [1.54, 1.807) is 31.2 Å². The normalized spacial score (nSPS) is 9.73. The number of hydrogen-bond acceptors (Lipinski definition) is 3. The number of Topliss-reactive ketones (excluding diaryl/α,β-unsaturated/α-hetero) is 1. The molecule has 0 fully saturated rings. The standard InChI is InChI=1S/C11H11ClO3/c1-8(13)2-3-9-4-6-10(7-5-9)15-11(12)14/h4-7H,2-3H2,1H3. The molecule has 4 heteroatoms. The Balaban J connectivity index is 2.56. The molecule has 3 nitrogen and oxygen atoms in total. The van der Waals surface area contributed by atoms with E-state index in [2.05, 4.69) is 4.74 Å². The van der Waals surface area contributed by atoms with E-state index in [9.17, 15) is 9.59 Å². The van der Waals surface area contributed by atoms with Crippen LogP contribution in [0.15, 0.2) is 24.3 Å². The predicted molar refractivity (Wildman–Crippen MR) is 57.3 cm³/mol. The van der Waals surface area contributed by atoms with Crippen molar-refractivity contribution in [2.45, 2.75) is 19.8 Å². The summed E-state index contributed by atoms with van der Waals surface area (Å²) in [4.78, 5) is 21.2. The molecule has 0 spiro atoms. The molecule has 1 rings (SSSR count). The number of halogens is 1. The number of ether oxygens (including phenoxy) is 1. The van der Waals surface area contributed by atoms with Crippen LogP contribution in [0.3, 0.4) is 0 Å². The lowest BCUT2D eigenvalue weighted by atomic mass is 10.1. The number of aryl methyl sites for hydroxylation is 1. The van der Waals surface area contributed by atoms with E-state index in [1.165, 1.54) is 0 Å². The first-order valence-electron chi connectivity index (χ1n) is 4.53. The van der Waals surface area contributed by atoms with E-state index in [4.69, 9.17) is 11.6 Å². The van der Waals surface area contributed by atoms with Gasteiger partial charge in [-0.25, -0.2) is 4.79 Å². The largest absolute Gasteiger partial charge is 0.415 e. The summed E-state index contributed by atoms with van der Waals surface area (Å²) >= 11 is 5.05. The van der Waals surface area contributed by atoms with Crippen LogP contribution >= 0.6 is 11.6 Å². The summed E-state index contributed by atoms with van der Waals surface area (Å²) in [6, 6.07) is 6.90. The molecule has 0 aliphatic rings. The third kappa shape index (κ3) is 4.61. The van der Waals surface area contributed by atoms with Crippen molar-refractivity contribution in [3.05, 3.63) is 29.8 Å². The van der Waals surface area contributed by atoms with Gasteiger partial charge in [-0.05, 0) is 31.0 Å². The van der Waals surface area contributed by atoms with Gasteiger partial charge in [0.15, 0.2) is 0 Å². The molecule has 1 aromatic rings. The zero-order valence-electron chi connectivity index (χ0n) is 8.33. The SMILES string of the molecule is CC(=O)CCc1ccc(OC(=O)Cl)cc1. The van der Waals surface area contributed by atoms with E-state index >= 15 is 0 Å². The van der Waals surface area contributed by atoms with Crippen LogP contribution in [-0.2, 0) is 11.2 Å².